The Morgan fingerprint density at radius 3 is 2.44 bits per heavy atom. The van der Waals surface area contributed by atoms with Gasteiger partial charge in [-0.2, -0.15) is 0 Å². The van der Waals surface area contributed by atoms with Crippen molar-refractivity contribution in [3.8, 4) is 0 Å². The van der Waals surface area contributed by atoms with Gasteiger partial charge in [-0.15, -0.1) is 11.3 Å². The fourth-order valence-electron chi connectivity index (χ4n) is 1.94. The van der Waals surface area contributed by atoms with Gasteiger partial charge in [0.05, 0.1) is 12.1 Å². The molecule has 0 saturated heterocycles. The molecule has 0 aliphatic heterocycles. The summed E-state index contributed by atoms with van der Waals surface area (Å²) in [6.07, 6.45) is 0.0647. The van der Waals surface area contributed by atoms with E-state index in [1.54, 1.807) is 11.3 Å². The SMILES string of the molecule is CCOC(C(N)c1sccc1C)C(C)(C)C. The normalized spacial score (nSPS) is 16.1. The molecule has 1 rings (SSSR count). The third-order valence-corrected chi connectivity index (χ3v) is 3.85. The molecule has 0 fully saturated rings. The summed E-state index contributed by atoms with van der Waals surface area (Å²) in [5.74, 6) is 0. The lowest BCUT2D eigenvalue weighted by atomic mass is 9.84. The maximum Gasteiger partial charge on any atom is 0.0823 e. The molecule has 0 radical (unpaired) electrons. The van der Waals surface area contributed by atoms with Crippen LogP contribution in [0.2, 0.25) is 0 Å². The lowest BCUT2D eigenvalue weighted by Crippen LogP contribution is -2.39. The van der Waals surface area contributed by atoms with Crippen molar-refractivity contribution < 1.29 is 4.74 Å². The highest BCUT2D eigenvalue weighted by Gasteiger charge is 2.32. The number of ether oxygens (including phenoxy) is 1. The van der Waals surface area contributed by atoms with E-state index in [4.69, 9.17) is 10.5 Å². The van der Waals surface area contributed by atoms with Crippen molar-refractivity contribution in [3.63, 3.8) is 0 Å². The van der Waals surface area contributed by atoms with E-state index in [1.807, 2.05) is 6.92 Å². The van der Waals surface area contributed by atoms with Crippen molar-refractivity contribution in [3.05, 3.63) is 21.9 Å². The number of rotatable bonds is 4. The van der Waals surface area contributed by atoms with Gasteiger partial charge in [-0.3, -0.25) is 0 Å². The first-order valence-electron chi connectivity index (χ1n) is 5.79. The molecule has 2 unspecified atom stereocenters. The Morgan fingerprint density at radius 2 is 2.06 bits per heavy atom. The van der Waals surface area contributed by atoms with Gasteiger partial charge >= 0.3 is 0 Å². The fraction of sp³-hybridized carbons (Fsp3) is 0.692. The summed E-state index contributed by atoms with van der Waals surface area (Å²) in [5.41, 5.74) is 7.67. The molecule has 2 N–H and O–H groups in total. The van der Waals surface area contributed by atoms with Gasteiger partial charge in [-0.25, -0.2) is 0 Å². The summed E-state index contributed by atoms with van der Waals surface area (Å²) in [5, 5.41) is 2.09. The molecular weight excluding hydrogens is 218 g/mol. The van der Waals surface area contributed by atoms with E-state index in [-0.39, 0.29) is 17.6 Å². The van der Waals surface area contributed by atoms with Gasteiger partial charge in [0.2, 0.25) is 0 Å². The highest BCUT2D eigenvalue weighted by molar-refractivity contribution is 7.10. The summed E-state index contributed by atoms with van der Waals surface area (Å²) in [7, 11) is 0. The topological polar surface area (TPSA) is 35.2 Å². The van der Waals surface area contributed by atoms with E-state index in [1.165, 1.54) is 10.4 Å². The molecule has 1 heterocycles. The lowest BCUT2D eigenvalue weighted by molar-refractivity contribution is -0.0277. The highest BCUT2D eigenvalue weighted by atomic mass is 32.1. The molecule has 0 bridgehead atoms. The molecule has 3 heteroatoms. The predicted molar refractivity (Wildman–Crippen MR) is 70.9 cm³/mol. The minimum atomic E-state index is -0.0278. The zero-order chi connectivity index (χ0) is 12.3. The number of hydrogen-bond donors (Lipinski definition) is 1. The smallest absolute Gasteiger partial charge is 0.0823 e. The number of nitrogens with two attached hydrogens (primary N) is 1. The van der Waals surface area contributed by atoms with Crippen molar-refractivity contribution in [1.29, 1.82) is 0 Å². The van der Waals surface area contributed by atoms with Crippen LogP contribution in [-0.2, 0) is 4.74 Å². The van der Waals surface area contributed by atoms with Gasteiger partial charge < -0.3 is 10.5 Å². The molecule has 1 aromatic rings. The molecule has 1 aromatic heterocycles. The molecule has 16 heavy (non-hydrogen) atoms. The zero-order valence-electron chi connectivity index (χ0n) is 10.9. The standard InChI is InChI=1S/C13H23NOS/c1-6-15-12(13(3,4)5)10(14)11-9(2)7-8-16-11/h7-8,10,12H,6,14H2,1-5H3. The Hall–Kier alpha value is -0.380. The second-order valence-electron chi connectivity index (χ2n) is 5.24. The van der Waals surface area contributed by atoms with Crippen LogP contribution in [0.3, 0.4) is 0 Å². The van der Waals surface area contributed by atoms with Gasteiger partial charge in [-0.05, 0) is 36.3 Å². The first-order chi connectivity index (χ1) is 7.38. The molecule has 0 aliphatic carbocycles. The summed E-state index contributed by atoms with van der Waals surface area (Å²) in [4.78, 5) is 1.24. The van der Waals surface area contributed by atoms with Gasteiger partial charge in [-0.1, -0.05) is 20.8 Å². The van der Waals surface area contributed by atoms with E-state index in [2.05, 4.69) is 39.1 Å². The molecule has 2 nitrogen and oxygen atoms in total. The van der Waals surface area contributed by atoms with Crippen molar-refractivity contribution in [2.75, 3.05) is 6.61 Å². The van der Waals surface area contributed by atoms with E-state index in [9.17, 15) is 0 Å². The van der Waals surface area contributed by atoms with Crippen LogP contribution >= 0.6 is 11.3 Å². The van der Waals surface area contributed by atoms with E-state index >= 15 is 0 Å². The third kappa shape index (κ3) is 3.06. The second kappa shape index (κ2) is 5.30. The summed E-state index contributed by atoms with van der Waals surface area (Å²) >= 11 is 1.72. The minimum absolute atomic E-state index is 0.0278. The molecule has 0 spiro atoms. The summed E-state index contributed by atoms with van der Waals surface area (Å²) < 4.78 is 5.83. The lowest BCUT2D eigenvalue weighted by Gasteiger charge is -2.34. The predicted octanol–water partition coefficient (Wildman–Crippen LogP) is 3.51. The van der Waals surface area contributed by atoms with E-state index in [0.29, 0.717) is 6.61 Å². The third-order valence-electron chi connectivity index (χ3n) is 2.73. The van der Waals surface area contributed by atoms with Gasteiger partial charge in [0.25, 0.3) is 0 Å². The van der Waals surface area contributed by atoms with Crippen molar-refractivity contribution in [2.45, 2.75) is 46.8 Å². The Morgan fingerprint density at radius 1 is 1.44 bits per heavy atom. The van der Waals surface area contributed by atoms with Crippen LogP contribution in [0.25, 0.3) is 0 Å². The summed E-state index contributed by atoms with van der Waals surface area (Å²) in [6, 6.07) is 2.09. The van der Waals surface area contributed by atoms with Crippen molar-refractivity contribution in [2.24, 2.45) is 11.1 Å². The Balaban J connectivity index is 2.92. The first kappa shape index (κ1) is 13.7. The maximum absolute atomic E-state index is 6.34. The van der Waals surface area contributed by atoms with Crippen LogP contribution in [0, 0.1) is 12.3 Å². The van der Waals surface area contributed by atoms with E-state index < -0.39 is 0 Å². The Labute approximate surface area is 103 Å². The highest BCUT2D eigenvalue weighted by Crippen LogP contribution is 2.34. The average molecular weight is 241 g/mol. The molecule has 0 amide bonds. The fourth-order valence-corrected chi connectivity index (χ4v) is 2.89. The first-order valence-corrected chi connectivity index (χ1v) is 6.67. The molecule has 2 atom stereocenters. The largest absolute Gasteiger partial charge is 0.376 e. The van der Waals surface area contributed by atoms with Gasteiger partial charge in [0.1, 0.15) is 0 Å². The molecular formula is C13H23NOS. The molecule has 0 saturated carbocycles. The van der Waals surface area contributed by atoms with Crippen LogP contribution in [0.1, 0.15) is 44.2 Å². The van der Waals surface area contributed by atoms with Crippen LogP contribution in [0.4, 0.5) is 0 Å². The van der Waals surface area contributed by atoms with E-state index in [0.717, 1.165) is 0 Å². The monoisotopic (exact) mass is 241 g/mol. The molecule has 0 aliphatic rings. The quantitative estimate of drug-likeness (QED) is 0.875. The summed E-state index contributed by atoms with van der Waals surface area (Å²) in [6.45, 7) is 11.4. The van der Waals surface area contributed by atoms with Gasteiger partial charge in [0, 0.05) is 11.5 Å². The second-order valence-corrected chi connectivity index (χ2v) is 6.18. The molecule has 0 aromatic carbocycles. The van der Waals surface area contributed by atoms with Crippen LogP contribution < -0.4 is 5.73 Å². The average Bonchev–Trinajstić information content (AvgIpc) is 2.58. The zero-order valence-corrected chi connectivity index (χ0v) is 11.7. The van der Waals surface area contributed by atoms with Gasteiger partial charge in [0.15, 0.2) is 0 Å². The van der Waals surface area contributed by atoms with Crippen molar-refractivity contribution >= 4 is 11.3 Å². The Bertz CT molecular complexity index is 327. The minimum Gasteiger partial charge on any atom is -0.376 e. The van der Waals surface area contributed by atoms with Crippen molar-refractivity contribution in [1.82, 2.24) is 0 Å². The molecule has 92 valence electrons. The number of thiophene rings is 1. The number of hydrogen-bond acceptors (Lipinski definition) is 3. The maximum atomic E-state index is 6.34. The van der Waals surface area contributed by atoms with Crippen LogP contribution in [0.15, 0.2) is 11.4 Å². The van der Waals surface area contributed by atoms with Crippen LogP contribution in [-0.4, -0.2) is 12.7 Å². The van der Waals surface area contributed by atoms with Crippen LogP contribution in [0.5, 0.6) is 0 Å². The Kier molecular flexibility index (Phi) is 4.53. The number of aryl methyl sites for hydroxylation is 1.